The Morgan fingerprint density at radius 3 is 2.80 bits per heavy atom. The first kappa shape index (κ1) is 13.6. The maximum absolute atomic E-state index is 4.77. The number of aromatic nitrogens is 2. The third-order valence-corrected chi connectivity index (χ3v) is 4.49. The smallest absolute Gasteiger partial charge is 0.123 e. The minimum Gasteiger partial charge on any atom is -0.327 e. The number of aryl methyl sites for hydroxylation is 1. The zero-order valence-corrected chi connectivity index (χ0v) is 12.4. The monoisotopic (exact) mass is 271 g/mol. The molecule has 1 fully saturated rings. The van der Waals surface area contributed by atoms with Crippen LogP contribution in [0, 0.1) is 5.92 Å². The van der Waals surface area contributed by atoms with E-state index in [-0.39, 0.29) is 0 Å². The van der Waals surface area contributed by atoms with Gasteiger partial charge in [0.2, 0.25) is 0 Å². The molecule has 3 heteroatoms. The minimum absolute atomic E-state index is 0.878. The Labute approximate surface area is 121 Å². The minimum atomic E-state index is 0.878. The number of nitrogens with one attached hydrogen (secondary N) is 1. The number of hydrogen-bond donors (Lipinski definition) is 1. The molecule has 1 aliphatic carbocycles. The van der Waals surface area contributed by atoms with Crippen LogP contribution >= 0.6 is 0 Å². The number of imidazole rings is 1. The highest BCUT2D eigenvalue weighted by Gasteiger charge is 2.14. The molecule has 1 N–H and O–H groups in total. The zero-order chi connectivity index (χ0) is 13.8. The molecule has 1 aromatic heterocycles. The molecule has 0 atom stereocenters. The van der Waals surface area contributed by atoms with Crippen molar-refractivity contribution in [1.82, 2.24) is 14.9 Å². The first-order chi connectivity index (χ1) is 9.88. The maximum atomic E-state index is 4.77. The van der Waals surface area contributed by atoms with Crippen molar-refractivity contribution in [1.29, 1.82) is 0 Å². The molecular formula is C17H25N3. The summed E-state index contributed by atoms with van der Waals surface area (Å²) in [5.74, 6) is 2.05. The van der Waals surface area contributed by atoms with Crippen LogP contribution in [-0.2, 0) is 13.1 Å². The van der Waals surface area contributed by atoms with Crippen LogP contribution in [0.4, 0.5) is 0 Å². The predicted octanol–water partition coefficient (Wildman–Crippen LogP) is 3.73. The summed E-state index contributed by atoms with van der Waals surface area (Å²) in [5, 5.41) is 3.62. The van der Waals surface area contributed by atoms with Crippen LogP contribution < -0.4 is 5.32 Å². The second kappa shape index (κ2) is 6.40. The van der Waals surface area contributed by atoms with Gasteiger partial charge in [-0.1, -0.05) is 31.4 Å². The van der Waals surface area contributed by atoms with E-state index >= 15 is 0 Å². The highest BCUT2D eigenvalue weighted by Crippen LogP contribution is 2.23. The standard InChI is InChI=1S/C17H25N3/c1-2-20-16-11-7-6-10-15(16)19-17(20)13-18-12-14-8-4-3-5-9-14/h6-7,10-11,14,18H,2-5,8-9,12-13H2,1H3. The summed E-state index contributed by atoms with van der Waals surface area (Å²) in [6.07, 6.45) is 7.07. The lowest BCUT2D eigenvalue weighted by atomic mass is 9.89. The van der Waals surface area contributed by atoms with Crippen molar-refractivity contribution in [2.45, 2.75) is 52.1 Å². The molecule has 1 aliphatic rings. The number of para-hydroxylation sites is 2. The van der Waals surface area contributed by atoms with E-state index in [9.17, 15) is 0 Å². The average Bonchev–Trinajstić information content (AvgIpc) is 2.86. The summed E-state index contributed by atoms with van der Waals surface area (Å²) in [4.78, 5) is 4.77. The lowest BCUT2D eigenvalue weighted by molar-refractivity contribution is 0.340. The molecule has 0 bridgehead atoms. The molecular weight excluding hydrogens is 246 g/mol. The Morgan fingerprint density at radius 1 is 1.20 bits per heavy atom. The maximum Gasteiger partial charge on any atom is 0.123 e. The molecule has 3 rings (SSSR count). The topological polar surface area (TPSA) is 29.9 Å². The number of benzene rings is 1. The number of rotatable bonds is 5. The summed E-state index contributed by atoms with van der Waals surface area (Å²) in [5.41, 5.74) is 2.37. The molecule has 0 radical (unpaired) electrons. The highest BCUT2D eigenvalue weighted by molar-refractivity contribution is 5.75. The van der Waals surface area contributed by atoms with Gasteiger partial charge in [-0.25, -0.2) is 4.98 Å². The fraction of sp³-hybridized carbons (Fsp3) is 0.588. The molecule has 2 aromatic rings. The van der Waals surface area contributed by atoms with E-state index in [4.69, 9.17) is 4.98 Å². The summed E-state index contributed by atoms with van der Waals surface area (Å²) in [6, 6.07) is 8.42. The van der Waals surface area contributed by atoms with Crippen LogP contribution in [0.5, 0.6) is 0 Å². The third kappa shape index (κ3) is 2.88. The van der Waals surface area contributed by atoms with E-state index in [0.717, 1.165) is 31.1 Å². The molecule has 1 aromatic carbocycles. The van der Waals surface area contributed by atoms with Gasteiger partial charge in [-0.3, -0.25) is 0 Å². The van der Waals surface area contributed by atoms with Crippen molar-refractivity contribution >= 4 is 11.0 Å². The number of nitrogens with zero attached hydrogens (tertiary/aromatic N) is 2. The quantitative estimate of drug-likeness (QED) is 0.898. The zero-order valence-electron chi connectivity index (χ0n) is 12.4. The first-order valence-corrected chi connectivity index (χ1v) is 8.03. The van der Waals surface area contributed by atoms with Gasteiger partial charge >= 0.3 is 0 Å². The Hall–Kier alpha value is -1.35. The van der Waals surface area contributed by atoms with E-state index < -0.39 is 0 Å². The van der Waals surface area contributed by atoms with E-state index in [1.54, 1.807) is 0 Å². The van der Waals surface area contributed by atoms with Gasteiger partial charge in [0.05, 0.1) is 17.6 Å². The molecule has 0 unspecified atom stereocenters. The molecule has 20 heavy (non-hydrogen) atoms. The fourth-order valence-electron chi connectivity index (χ4n) is 3.39. The highest BCUT2D eigenvalue weighted by atomic mass is 15.1. The van der Waals surface area contributed by atoms with Crippen molar-refractivity contribution in [2.75, 3.05) is 6.54 Å². The number of fused-ring (bicyclic) bond motifs is 1. The molecule has 0 spiro atoms. The van der Waals surface area contributed by atoms with Crippen molar-refractivity contribution in [2.24, 2.45) is 5.92 Å². The second-order valence-electron chi connectivity index (χ2n) is 5.90. The average molecular weight is 271 g/mol. The largest absolute Gasteiger partial charge is 0.327 e. The molecule has 3 nitrogen and oxygen atoms in total. The fourth-order valence-corrected chi connectivity index (χ4v) is 3.39. The van der Waals surface area contributed by atoms with Gasteiger partial charge in [-0.15, -0.1) is 0 Å². The van der Waals surface area contributed by atoms with E-state index in [1.807, 2.05) is 0 Å². The molecule has 1 saturated carbocycles. The van der Waals surface area contributed by atoms with Gasteiger partial charge in [0, 0.05) is 6.54 Å². The molecule has 0 saturated heterocycles. The van der Waals surface area contributed by atoms with Gasteiger partial charge < -0.3 is 9.88 Å². The van der Waals surface area contributed by atoms with Crippen LogP contribution in [-0.4, -0.2) is 16.1 Å². The molecule has 1 heterocycles. The van der Waals surface area contributed by atoms with E-state index in [0.29, 0.717) is 0 Å². The van der Waals surface area contributed by atoms with Gasteiger partial charge in [0.1, 0.15) is 5.82 Å². The SMILES string of the molecule is CCn1c(CNCC2CCCCC2)nc2ccccc21. The molecule has 108 valence electrons. The van der Waals surface area contributed by atoms with Crippen LogP contribution in [0.2, 0.25) is 0 Å². The van der Waals surface area contributed by atoms with Gasteiger partial charge in [-0.05, 0) is 44.4 Å². The number of hydrogen-bond acceptors (Lipinski definition) is 2. The first-order valence-electron chi connectivity index (χ1n) is 8.03. The second-order valence-corrected chi connectivity index (χ2v) is 5.90. The van der Waals surface area contributed by atoms with Crippen LogP contribution in [0.3, 0.4) is 0 Å². The van der Waals surface area contributed by atoms with Gasteiger partial charge in [0.15, 0.2) is 0 Å². The van der Waals surface area contributed by atoms with Crippen LogP contribution in [0.15, 0.2) is 24.3 Å². The lowest BCUT2D eigenvalue weighted by Crippen LogP contribution is -2.25. The van der Waals surface area contributed by atoms with Gasteiger partial charge in [0.25, 0.3) is 0 Å². The van der Waals surface area contributed by atoms with Crippen LogP contribution in [0.1, 0.15) is 44.9 Å². The van der Waals surface area contributed by atoms with Gasteiger partial charge in [-0.2, -0.15) is 0 Å². The van der Waals surface area contributed by atoms with E-state index in [1.165, 1.54) is 43.4 Å². The molecule has 0 amide bonds. The third-order valence-electron chi connectivity index (χ3n) is 4.49. The molecule has 0 aliphatic heterocycles. The summed E-state index contributed by atoms with van der Waals surface area (Å²) in [6.45, 7) is 5.21. The Kier molecular flexibility index (Phi) is 4.36. The Balaban J connectivity index is 1.64. The predicted molar refractivity (Wildman–Crippen MR) is 83.7 cm³/mol. The summed E-state index contributed by atoms with van der Waals surface area (Å²) < 4.78 is 2.32. The summed E-state index contributed by atoms with van der Waals surface area (Å²) in [7, 11) is 0. The normalized spacial score (nSPS) is 16.9. The van der Waals surface area contributed by atoms with Crippen molar-refractivity contribution < 1.29 is 0 Å². The Morgan fingerprint density at radius 2 is 2.00 bits per heavy atom. The van der Waals surface area contributed by atoms with Crippen molar-refractivity contribution in [3.63, 3.8) is 0 Å². The lowest BCUT2D eigenvalue weighted by Gasteiger charge is -2.21. The Bertz CT molecular complexity index is 552. The summed E-state index contributed by atoms with van der Waals surface area (Å²) >= 11 is 0. The van der Waals surface area contributed by atoms with Crippen molar-refractivity contribution in [3.05, 3.63) is 30.1 Å². The van der Waals surface area contributed by atoms with Crippen LogP contribution in [0.25, 0.3) is 11.0 Å². The van der Waals surface area contributed by atoms with Crippen molar-refractivity contribution in [3.8, 4) is 0 Å². The van der Waals surface area contributed by atoms with E-state index in [2.05, 4.69) is 41.1 Å².